The average Bonchev–Trinajstić information content (AvgIpc) is 2.76. The zero-order valence-corrected chi connectivity index (χ0v) is 12.0. The Kier molecular flexibility index (Phi) is 4.42. The third kappa shape index (κ3) is 2.69. The van der Waals surface area contributed by atoms with Crippen LogP contribution < -0.4 is 0 Å². The highest BCUT2D eigenvalue weighted by molar-refractivity contribution is 5.96. The van der Waals surface area contributed by atoms with E-state index in [-0.39, 0.29) is 5.69 Å². The Morgan fingerprint density at radius 2 is 2.00 bits per heavy atom. The monoisotopic (exact) mass is 277 g/mol. The van der Waals surface area contributed by atoms with Gasteiger partial charge in [0.2, 0.25) is 0 Å². The van der Waals surface area contributed by atoms with Crippen molar-refractivity contribution in [1.29, 1.82) is 0 Å². The Morgan fingerprint density at radius 3 is 2.60 bits per heavy atom. The molecule has 0 aliphatic heterocycles. The normalized spacial score (nSPS) is 11.2. The molecule has 1 heterocycles. The van der Waals surface area contributed by atoms with Crippen LogP contribution in [0, 0.1) is 6.92 Å². The first-order chi connectivity index (χ1) is 9.58. The second-order valence-electron chi connectivity index (χ2n) is 4.76. The van der Waals surface area contributed by atoms with E-state index in [1.807, 2.05) is 19.1 Å². The molecule has 108 valence electrons. The molecular formula is C15H19NO4. The third-order valence-electron chi connectivity index (χ3n) is 3.29. The lowest BCUT2D eigenvalue weighted by Crippen LogP contribution is -2.12. The number of hydrogen-bond donors (Lipinski definition) is 1. The molecule has 5 nitrogen and oxygen atoms in total. The smallest absolute Gasteiger partial charge is 0.352 e. The molecule has 0 spiro atoms. The fourth-order valence-electron chi connectivity index (χ4n) is 2.55. The lowest BCUT2D eigenvalue weighted by atomic mass is 10.1. The minimum Gasteiger partial charge on any atom is -0.477 e. The molecule has 0 radical (unpaired) electrons. The molecule has 0 saturated carbocycles. The Bertz CT molecular complexity index is 630. The van der Waals surface area contributed by atoms with E-state index in [4.69, 9.17) is 9.47 Å². The van der Waals surface area contributed by atoms with Crippen LogP contribution in [0.2, 0.25) is 0 Å². The topological polar surface area (TPSA) is 60.7 Å². The van der Waals surface area contributed by atoms with Crippen LogP contribution in [-0.4, -0.2) is 36.5 Å². The average molecular weight is 277 g/mol. The van der Waals surface area contributed by atoms with Gasteiger partial charge in [-0.1, -0.05) is 6.07 Å². The van der Waals surface area contributed by atoms with Gasteiger partial charge in [0.1, 0.15) is 5.69 Å². The molecule has 2 rings (SSSR count). The number of nitrogens with zero attached hydrogens (tertiary/aromatic N) is 1. The number of carbonyl (C=O) groups is 1. The minimum atomic E-state index is -0.926. The summed E-state index contributed by atoms with van der Waals surface area (Å²) in [5.74, 6) is -0.926. The van der Waals surface area contributed by atoms with Gasteiger partial charge in [-0.25, -0.2) is 4.79 Å². The Morgan fingerprint density at radius 1 is 1.25 bits per heavy atom. The van der Waals surface area contributed by atoms with E-state index >= 15 is 0 Å². The summed E-state index contributed by atoms with van der Waals surface area (Å²) >= 11 is 0. The number of aromatic nitrogens is 1. The lowest BCUT2D eigenvalue weighted by molar-refractivity contribution is 0.0683. The summed E-state index contributed by atoms with van der Waals surface area (Å²) in [7, 11) is 3.25. The van der Waals surface area contributed by atoms with E-state index in [0.29, 0.717) is 19.8 Å². The van der Waals surface area contributed by atoms with Crippen molar-refractivity contribution in [2.45, 2.75) is 20.1 Å². The highest BCUT2D eigenvalue weighted by Crippen LogP contribution is 2.25. The lowest BCUT2D eigenvalue weighted by Gasteiger charge is -2.10. The van der Waals surface area contributed by atoms with Crippen LogP contribution in [-0.2, 0) is 22.6 Å². The number of carboxylic acids is 1. The molecule has 0 fully saturated rings. The molecule has 1 aromatic carbocycles. The van der Waals surface area contributed by atoms with E-state index in [1.165, 1.54) is 0 Å². The standard InChI is InChI=1S/C15H19NO4/c1-10-6-11(9-20-3)7-12-8-13(15(17)18)16(14(10)12)4-5-19-2/h6-8H,4-5,9H2,1-3H3,(H,17,18). The molecule has 0 bridgehead atoms. The van der Waals surface area contributed by atoms with Crippen molar-refractivity contribution in [2.24, 2.45) is 0 Å². The first-order valence-electron chi connectivity index (χ1n) is 6.42. The highest BCUT2D eigenvalue weighted by atomic mass is 16.5. The Balaban J connectivity index is 2.61. The van der Waals surface area contributed by atoms with E-state index in [9.17, 15) is 9.90 Å². The Hall–Kier alpha value is -1.85. The number of aryl methyl sites for hydroxylation is 1. The summed E-state index contributed by atoms with van der Waals surface area (Å²) in [5, 5.41) is 10.3. The number of aromatic carboxylic acids is 1. The summed E-state index contributed by atoms with van der Waals surface area (Å²) in [6, 6.07) is 5.71. The number of rotatable bonds is 6. The van der Waals surface area contributed by atoms with Gasteiger partial charge in [-0.2, -0.15) is 0 Å². The molecular weight excluding hydrogens is 258 g/mol. The predicted octanol–water partition coefficient (Wildman–Crippen LogP) is 2.44. The highest BCUT2D eigenvalue weighted by Gasteiger charge is 2.16. The molecule has 1 N–H and O–H groups in total. The van der Waals surface area contributed by atoms with Crippen LogP contribution in [0.5, 0.6) is 0 Å². The van der Waals surface area contributed by atoms with Gasteiger partial charge in [-0.05, 0) is 30.2 Å². The quantitative estimate of drug-likeness (QED) is 0.881. The Labute approximate surface area is 117 Å². The van der Waals surface area contributed by atoms with Crippen molar-refractivity contribution >= 4 is 16.9 Å². The van der Waals surface area contributed by atoms with Crippen LogP contribution in [0.1, 0.15) is 21.6 Å². The summed E-state index contributed by atoms with van der Waals surface area (Å²) in [6.45, 7) is 3.49. The summed E-state index contributed by atoms with van der Waals surface area (Å²) in [5.41, 5.74) is 3.31. The molecule has 0 amide bonds. The van der Waals surface area contributed by atoms with Crippen LogP contribution in [0.15, 0.2) is 18.2 Å². The van der Waals surface area contributed by atoms with Crippen LogP contribution in [0.3, 0.4) is 0 Å². The van der Waals surface area contributed by atoms with E-state index in [0.717, 1.165) is 22.0 Å². The van der Waals surface area contributed by atoms with E-state index < -0.39 is 5.97 Å². The van der Waals surface area contributed by atoms with Gasteiger partial charge in [0.25, 0.3) is 0 Å². The van der Waals surface area contributed by atoms with Gasteiger partial charge in [-0.15, -0.1) is 0 Å². The predicted molar refractivity (Wildman–Crippen MR) is 76.2 cm³/mol. The van der Waals surface area contributed by atoms with Crippen molar-refractivity contribution in [3.8, 4) is 0 Å². The molecule has 1 aromatic heterocycles. The molecule has 2 aromatic rings. The first-order valence-corrected chi connectivity index (χ1v) is 6.42. The van der Waals surface area contributed by atoms with Gasteiger partial charge in [0.05, 0.1) is 18.7 Å². The number of fused-ring (bicyclic) bond motifs is 1. The summed E-state index contributed by atoms with van der Waals surface area (Å²) in [6.07, 6.45) is 0. The molecule has 0 aliphatic carbocycles. The molecule has 5 heteroatoms. The number of methoxy groups -OCH3 is 2. The van der Waals surface area contributed by atoms with Gasteiger partial charge in [0, 0.05) is 26.2 Å². The summed E-state index contributed by atoms with van der Waals surface area (Å²) in [4.78, 5) is 11.4. The number of hydrogen-bond acceptors (Lipinski definition) is 3. The molecule has 0 atom stereocenters. The number of carboxylic acid groups (broad SMARTS) is 1. The summed E-state index contributed by atoms with van der Waals surface area (Å²) < 4.78 is 12.0. The third-order valence-corrected chi connectivity index (χ3v) is 3.29. The zero-order chi connectivity index (χ0) is 14.7. The van der Waals surface area contributed by atoms with Crippen LogP contribution >= 0.6 is 0 Å². The zero-order valence-electron chi connectivity index (χ0n) is 12.0. The van der Waals surface area contributed by atoms with Crippen LogP contribution in [0.4, 0.5) is 0 Å². The fraction of sp³-hybridized carbons (Fsp3) is 0.400. The largest absolute Gasteiger partial charge is 0.477 e. The van der Waals surface area contributed by atoms with Gasteiger partial charge >= 0.3 is 5.97 Å². The molecule has 0 saturated heterocycles. The van der Waals surface area contributed by atoms with Gasteiger partial charge < -0.3 is 19.1 Å². The number of ether oxygens (including phenoxy) is 2. The van der Waals surface area contributed by atoms with Crippen molar-refractivity contribution in [3.63, 3.8) is 0 Å². The molecule has 0 aliphatic rings. The van der Waals surface area contributed by atoms with Crippen LogP contribution in [0.25, 0.3) is 10.9 Å². The van der Waals surface area contributed by atoms with Crippen molar-refractivity contribution in [3.05, 3.63) is 35.0 Å². The SMILES string of the molecule is COCCn1c(C(=O)O)cc2cc(COC)cc(C)c21. The minimum absolute atomic E-state index is 0.287. The van der Waals surface area contributed by atoms with Crippen molar-refractivity contribution in [1.82, 2.24) is 4.57 Å². The maximum Gasteiger partial charge on any atom is 0.352 e. The second-order valence-corrected chi connectivity index (χ2v) is 4.76. The number of benzene rings is 1. The second kappa shape index (κ2) is 6.07. The van der Waals surface area contributed by atoms with Gasteiger partial charge in [0.15, 0.2) is 0 Å². The first kappa shape index (κ1) is 14.6. The maximum atomic E-state index is 11.4. The molecule has 0 unspecified atom stereocenters. The molecule has 20 heavy (non-hydrogen) atoms. The van der Waals surface area contributed by atoms with E-state index in [1.54, 1.807) is 24.9 Å². The maximum absolute atomic E-state index is 11.4. The van der Waals surface area contributed by atoms with Crippen molar-refractivity contribution < 1.29 is 19.4 Å². The van der Waals surface area contributed by atoms with Gasteiger partial charge in [-0.3, -0.25) is 0 Å². The van der Waals surface area contributed by atoms with Crippen molar-refractivity contribution in [2.75, 3.05) is 20.8 Å². The van der Waals surface area contributed by atoms with E-state index in [2.05, 4.69) is 0 Å². The fourth-order valence-corrected chi connectivity index (χ4v) is 2.55.